The molecule has 2 nitrogen and oxygen atoms in total. The number of likely N-dealkylation sites (tertiary alicyclic amines) is 1. The zero-order chi connectivity index (χ0) is 11.5. The van der Waals surface area contributed by atoms with E-state index in [9.17, 15) is 4.39 Å². The molecule has 2 rings (SSSR count). The van der Waals surface area contributed by atoms with E-state index >= 15 is 0 Å². The molecule has 88 valence electrons. The lowest BCUT2D eigenvalue weighted by Gasteiger charge is -2.39. The number of hydrogen-bond donors (Lipinski definition) is 1. The first kappa shape index (κ1) is 11.6. The van der Waals surface area contributed by atoms with Gasteiger partial charge in [0.05, 0.1) is 0 Å². The topological polar surface area (TPSA) is 29.3 Å². The number of halogens is 1. The predicted octanol–water partition coefficient (Wildman–Crippen LogP) is 2.31. The number of hydrogen-bond acceptors (Lipinski definition) is 2. The molecule has 1 aromatic rings. The van der Waals surface area contributed by atoms with Gasteiger partial charge in [0.2, 0.25) is 0 Å². The summed E-state index contributed by atoms with van der Waals surface area (Å²) in [6, 6.07) is 7.16. The third kappa shape index (κ3) is 2.25. The quantitative estimate of drug-likeness (QED) is 0.832. The fourth-order valence-corrected chi connectivity index (χ4v) is 2.57. The van der Waals surface area contributed by atoms with E-state index < -0.39 is 0 Å². The highest BCUT2D eigenvalue weighted by Crippen LogP contribution is 2.29. The second-order valence-electron chi connectivity index (χ2n) is 4.43. The molecule has 0 bridgehead atoms. The summed E-state index contributed by atoms with van der Waals surface area (Å²) in [6.07, 6.45) is 2.21. The van der Waals surface area contributed by atoms with Crippen LogP contribution >= 0.6 is 0 Å². The van der Waals surface area contributed by atoms with Gasteiger partial charge in [-0.05, 0) is 43.6 Å². The first-order valence-corrected chi connectivity index (χ1v) is 5.97. The molecule has 1 aliphatic rings. The smallest absolute Gasteiger partial charge is 0.123 e. The van der Waals surface area contributed by atoms with E-state index in [-0.39, 0.29) is 17.9 Å². The summed E-state index contributed by atoms with van der Waals surface area (Å²) < 4.78 is 12.9. The van der Waals surface area contributed by atoms with Gasteiger partial charge in [0.15, 0.2) is 0 Å². The van der Waals surface area contributed by atoms with Crippen LogP contribution in [-0.4, -0.2) is 24.0 Å². The van der Waals surface area contributed by atoms with Crippen LogP contribution < -0.4 is 5.73 Å². The molecule has 0 aliphatic carbocycles. The van der Waals surface area contributed by atoms with Crippen molar-refractivity contribution >= 4 is 0 Å². The van der Waals surface area contributed by atoms with Gasteiger partial charge in [-0.25, -0.2) is 4.39 Å². The largest absolute Gasteiger partial charge is 0.326 e. The average molecular weight is 222 g/mol. The first-order valence-electron chi connectivity index (χ1n) is 5.97. The second kappa shape index (κ2) is 4.93. The molecule has 1 fully saturated rings. The summed E-state index contributed by atoms with van der Waals surface area (Å²) >= 11 is 0. The Hall–Kier alpha value is -0.930. The molecular formula is C13H19FN2. The number of rotatable bonds is 2. The van der Waals surface area contributed by atoms with Crippen molar-refractivity contribution in [3.05, 3.63) is 35.6 Å². The molecule has 0 spiro atoms. The first-order chi connectivity index (χ1) is 7.72. The van der Waals surface area contributed by atoms with Gasteiger partial charge in [-0.15, -0.1) is 0 Å². The molecule has 3 heteroatoms. The summed E-state index contributed by atoms with van der Waals surface area (Å²) in [4.78, 5) is 2.38. The summed E-state index contributed by atoms with van der Waals surface area (Å²) in [5, 5.41) is 0. The molecule has 16 heavy (non-hydrogen) atoms. The number of nitrogens with two attached hydrogens (primary N) is 1. The van der Waals surface area contributed by atoms with Gasteiger partial charge in [0.25, 0.3) is 0 Å². The molecule has 0 amide bonds. The van der Waals surface area contributed by atoms with Gasteiger partial charge in [-0.2, -0.15) is 0 Å². The van der Waals surface area contributed by atoms with Gasteiger partial charge >= 0.3 is 0 Å². The number of benzene rings is 1. The molecule has 2 unspecified atom stereocenters. The second-order valence-corrected chi connectivity index (χ2v) is 4.43. The Morgan fingerprint density at radius 2 is 2.06 bits per heavy atom. The van der Waals surface area contributed by atoms with Crippen LogP contribution in [-0.2, 0) is 0 Å². The normalized spacial score (nSPS) is 26.9. The minimum absolute atomic E-state index is 0.166. The Bertz CT molecular complexity index is 336. The zero-order valence-electron chi connectivity index (χ0n) is 9.70. The van der Waals surface area contributed by atoms with Crippen LogP contribution in [0.5, 0.6) is 0 Å². The zero-order valence-corrected chi connectivity index (χ0v) is 9.70. The van der Waals surface area contributed by atoms with Gasteiger partial charge in [-0.3, -0.25) is 4.90 Å². The average Bonchev–Trinajstić information content (AvgIpc) is 2.30. The molecule has 1 aliphatic heterocycles. The molecule has 1 saturated heterocycles. The minimum atomic E-state index is -0.184. The molecule has 1 aromatic carbocycles. The molecule has 0 saturated carbocycles. The Labute approximate surface area is 96.2 Å². The Morgan fingerprint density at radius 1 is 1.38 bits per heavy atom. The van der Waals surface area contributed by atoms with Crippen molar-refractivity contribution in [2.45, 2.75) is 31.8 Å². The third-order valence-electron chi connectivity index (χ3n) is 3.40. The maximum absolute atomic E-state index is 12.9. The third-order valence-corrected chi connectivity index (χ3v) is 3.40. The van der Waals surface area contributed by atoms with Crippen molar-refractivity contribution in [3.8, 4) is 0 Å². The molecule has 2 atom stereocenters. The van der Waals surface area contributed by atoms with Gasteiger partial charge in [0, 0.05) is 12.1 Å². The van der Waals surface area contributed by atoms with E-state index in [0.717, 1.165) is 31.5 Å². The van der Waals surface area contributed by atoms with Crippen LogP contribution in [0.3, 0.4) is 0 Å². The fraction of sp³-hybridized carbons (Fsp3) is 0.538. The predicted molar refractivity (Wildman–Crippen MR) is 63.6 cm³/mol. The van der Waals surface area contributed by atoms with Crippen LogP contribution in [0.4, 0.5) is 4.39 Å². The number of likely N-dealkylation sites (N-methyl/N-ethyl adjacent to an activating group) is 1. The highest BCUT2D eigenvalue weighted by atomic mass is 19.1. The summed E-state index contributed by atoms with van der Waals surface area (Å²) in [5.41, 5.74) is 7.31. The molecule has 2 N–H and O–H groups in total. The monoisotopic (exact) mass is 222 g/mol. The summed E-state index contributed by atoms with van der Waals surface area (Å²) in [7, 11) is 0. The van der Waals surface area contributed by atoms with Crippen LogP contribution in [0.1, 0.15) is 31.4 Å². The highest BCUT2D eigenvalue weighted by molar-refractivity contribution is 5.22. The van der Waals surface area contributed by atoms with E-state index in [4.69, 9.17) is 5.73 Å². The molecule has 1 heterocycles. The molecular weight excluding hydrogens is 203 g/mol. The van der Waals surface area contributed by atoms with Crippen molar-refractivity contribution in [1.29, 1.82) is 0 Å². The Kier molecular flexibility index (Phi) is 3.56. The minimum Gasteiger partial charge on any atom is -0.326 e. The van der Waals surface area contributed by atoms with E-state index in [1.54, 1.807) is 0 Å². The van der Waals surface area contributed by atoms with Crippen LogP contribution in [0.25, 0.3) is 0 Å². The molecule has 0 radical (unpaired) electrons. The van der Waals surface area contributed by atoms with E-state index in [2.05, 4.69) is 11.8 Å². The van der Waals surface area contributed by atoms with E-state index in [0.29, 0.717) is 0 Å². The van der Waals surface area contributed by atoms with Gasteiger partial charge in [-0.1, -0.05) is 19.1 Å². The Balaban J connectivity index is 2.24. The number of piperidine rings is 1. The van der Waals surface area contributed by atoms with Crippen molar-refractivity contribution in [1.82, 2.24) is 4.90 Å². The maximum atomic E-state index is 12.9. The molecule has 0 aromatic heterocycles. The van der Waals surface area contributed by atoms with Gasteiger partial charge in [0.1, 0.15) is 5.82 Å². The SMILES string of the molecule is CCN1CCCC(N)C1c1ccc(F)cc1. The Morgan fingerprint density at radius 3 is 2.69 bits per heavy atom. The lowest BCUT2D eigenvalue weighted by atomic mass is 9.91. The van der Waals surface area contributed by atoms with Crippen molar-refractivity contribution in [2.75, 3.05) is 13.1 Å². The van der Waals surface area contributed by atoms with Crippen molar-refractivity contribution < 1.29 is 4.39 Å². The van der Waals surface area contributed by atoms with Crippen molar-refractivity contribution in [2.24, 2.45) is 5.73 Å². The van der Waals surface area contributed by atoms with Crippen LogP contribution in [0.2, 0.25) is 0 Å². The lowest BCUT2D eigenvalue weighted by Crippen LogP contribution is -2.45. The van der Waals surface area contributed by atoms with Crippen LogP contribution in [0, 0.1) is 5.82 Å². The van der Waals surface area contributed by atoms with Gasteiger partial charge < -0.3 is 5.73 Å². The van der Waals surface area contributed by atoms with Crippen molar-refractivity contribution in [3.63, 3.8) is 0 Å². The van der Waals surface area contributed by atoms with E-state index in [1.165, 1.54) is 12.1 Å². The standard InChI is InChI=1S/C13H19FN2/c1-2-16-9-3-4-12(15)13(16)10-5-7-11(14)8-6-10/h5-8,12-13H,2-4,9,15H2,1H3. The maximum Gasteiger partial charge on any atom is 0.123 e. The fourth-order valence-electron chi connectivity index (χ4n) is 2.57. The van der Waals surface area contributed by atoms with E-state index in [1.807, 2.05) is 12.1 Å². The number of nitrogens with zero attached hydrogens (tertiary/aromatic N) is 1. The van der Waals surface area contributed by atoms with Crippen LogP contribution in [0.15, 0.2) is 24.3 Å². The summed E-state index contributed by atoms with van der Waals surface area (Å²) in [6.45, 7) is 4.23. The summed E-state index contributed by atoms with van der Waals surface area (Å²) in [5.74, 6) is -0.184. The highest BCUT2D eigenvalue weighted by Gasteiger charge is 2.28. The lowest BCUT2D eigenvalue weighted by molar-refractivity contribution is 0.136.